The van der Waals surface area contributed by atoms with Crippen LogP contribution in [0.3, 0.4) is 0 Å². The van der Waals surface area contributed by atoms with Gasteiger partial charge in [0.05, 0.1) is 12.2 Å². The lowest BCUT2D eigenvalue weighted by molar-refractivity contribution is -0.0379. The molecule has 0 spiro atoms. The molecule has 0 unspecified atom stereocenters. The third kappa shape index (κ3) is 4.59. The molecule has 32 heavy (non-hydrogen) atoms. The number of hydrogen-bond donors (Lipinski definition) is 1. The SMILES string of the molecule is C[C@@H](C/C=C/c1ccc(-n2cnnn2)cc1)[C@](O)(Cn1cncn1)c1ccc(F)cc1F. The van der Waals surface area contributed by atoms with Crippen LogP contribution in [0.25, 0.3) is 11.8 Å². The van der Waals surface area contributed by atoms with E-state index in [2.05, 4.69) is 25.6 Å². The molecule has 2 heterocycles. The summed E-state index contributed by atoms with van der Waals surface area (Å²) in [5.41, 5.74) is 0.164. The van der Waals surface area contributed by atoms with Crippen molar-refractivity contribution in [3.05, 3.63) is 90.3 Å². The first-order valence-corrected chi connectivity index (χ1v) is 9.96. The number of nitrogens with zero attached hydrogens (tertiary/aromatic N) is 7. The third-order valence-corrected chi connectivity index (χ3v) is 5.39. The first kappa shape index (κ1) is 21.4. The van der Waals surface area contributed by atoms with E-state index in [1.165, 1.54) is 29.7 Å². The highest BCUT2D eigenvalue weighted by molar-refractivity contribution is 5.51. The predicted octanol–water partition coefficient (Wildman–Crippen LogP) is 3.16. The van der Waals surface area contributed by atoms with Gasteiger partial charge >= 0.3 is 0 Å². The molecule has 0 amide bonds. The zero-order valence-electron chi connectivity index (χ0n) is 17.3. The number of hydrogen-bond acceptors (Lipinski definition) is 6. The van der Waals surface area contributed by atoms with Crippen molar-refractivity contribution in [3.8, 4) is 5.69 Å². The van der Waals surface area contributed by atoms with Crippen LogP contribution < -0.4 is 0 Å². The number of aromatic nitrogens is 7. The molecule has 10 heteroatoms. The first-order chi connectivity index (χ1) is 15.5. The van der Waals surface area contributed by atoms with Gasteiger partial charge in [-0.3, -0.25) is 0 Å². The van der Waals surface area contributed by atoms with Gasteiger partial charge in [-0.25, -0.2) is 23.1 Å². The highest BCUT2D eigenvalue weighted by Gasteiger charge is 2.38. The second-order valence-electron chi connectivity index (χ2n) is 7.53. The molecular weight excluding hydrogens is 416 g/mol. The van der Waals surface area contributed by atoms with Gasteiger partial charge in [-0.1, -0.05) is 37.3 Å². The zero-order valence-corrected chi connectivity index (χ0v) is 17.3. The average Bonchev–Trinajstić information content (AvgIpc) is 3.48. The minimum absolute atomic E-state index is 0.0149. The molecule has 4 rings (SSSR count). The van der Waals surface area contributed by atoms with Gasteiger partial charge in [0.25, 0.3) is 0 Å². The lowest BCUT2D eigenvalue weighted by atomic mass is 9.80. The van der Waals surface area contributed by atoms with Gasteiger partial charge in [0.1, 0.15) is 36.2 Å². The van der Waals surface area contributed by atoms with Crippen LogP contribution in [0.1, 0.15) is 24.5 Å². The summed E-state index contributed by atoms with van der Waals surface area (Å²) in [5, 5.41) is 26.6. The van der Waals surface area contributed by atoms with Crippen molar-refractivity contribution >= 4 is 6.08 Å². The Morgan fingerprint density at radius 1 is 1.12 bits per heavy atom. The smallest absolute Gasteiger partial charge is 0.143 e. The summed E-state index contributed by atoms with van der Waals surface area (Å²) in [6, 6.07) is 10.8. The Balaban J connectivity index is 1.52. The topological polar surface area (TPSA) is 94.5 Å². The molecule has 0 saturated carbocycles. The van der Waals surface area contributed by atoms with Gasteiger partial charge < -0.3 is 5.11 Å². The van der Waals surface area contributed by atoms with Crippen LogP contribution in [0.2, 0.25) is 0 Å². The van der Waals surface area contributed by atoms with E-state index in [9.17, 15) is 13.9 Å². The average molecular weight is 437 g/mol. The van der Waals surface area contributed by atoms with E-state index in [0.717, 1.165) is 23.4 Å². The Bertz CT molecular complexity index is 1180. The molecular formula is C22H21F2N7O. The molecule has 0 aliphatic heterocycles. The second-order valence-corrected chi connectivity index (χ2v) is 7.53. The van der Waals surface area contributed by atoms with Crippen LogP contribution in [0.4, 0.5) is 8.78 Å². The number of tetrazole rings is 1. The lowest BCUT2D eigenvalue weighted by Crippen LogP contribution is -2.39. The van der Waals surface area contributed by atoms with Crippen molar-refractivity contribution in [3.63, 3.8) is 0 Å². The fraction of sp³-hybridized carbons (Fsp3) is 0.227. The van der Waals surface area contributed by atoms with E-state index in [0.29, 0.717) is 6.42 Å². The molecule has 1 N–H and O–H groups in total. The van der Waals surface area contributed by atoms with Crippen LogP contribution in [0.5, 0.6) is 0 Å². The van der Waals surface area contributed by atoms with Crippen LogP contribution in [-0.2, 0) is 12.1 Å². The molecule has 164 valence electrons. The molecule has 2 aromatic heterocycles. The highest BCUT2D eigenvalue weighted by Crippen LogP contribution is 2.35. The Hall–Kier alpha value is -3.79. The standard InChI is InChI=1S/C22H21F2N7O/c1-16(3-2-4-17-5-8-19(9-6-17)31-15-26-28-29-31)22(32,12-30-14-25-13-27-30)20-10-7-18(23)11-21(20)24/h2,4-11,13-16,32H,3,12H2,1H3/b4-2+/t16-,22+/m0/s1. The number of halogens is 2. The Kier molecular flexibility index (Phi) is 6.13. The molecule has 0 aliphatic rings. The first-order valence-electron chi connectivity index (χ1n) is 9.96. The van der Waals surface area contributed by atoms with Crippen molar-refractivity contribution in [2.75, 3.05) is 0 Å². The minimum atomic E-state index is -1.63. The summed E-state index contributed by atoms with van der Waals surface area (Å²) in [7, 11) is 0. The number of allylic oxidation sites excluding steroid dienone is 1. The summed E-state index contributed by atoms with van der Waals surface area (Å²) in [5.74, 6) is -1.92. The van der Waals surface area contributed by atoms with E-state index in [-0.39, 0.29) is 12.1 Å². The van der Waals surface area contributed by atoms with Gasteiger partial charge in [0, 0.05) is 11.6 Å². The van der Waals surface area contributed by atoms with Crippen LogP contribution in [-0.4, -0.2) is 40.1 Å². The molecule has 0 radical (unpaired) electrons. The molecule has 0 fully saturated rings. The zero-order chi connectivity index (χ0) is 22.6. The third-order valence-electron chi connectivity index (χ3n) is 5.39. The summed E-state index contributed by atoms with van der Waals surface area (Å²) in [4.78, 5) is 3.88. The van der Waals surface area contributed by atoms with E-state index in [4.69, 9.17) is 0 Å². The predicted molar refractivity (Wildman–Crippen MR) is 112 cm³/mol. The Morgan fingerprint density at radius 2 is 1.94 bits per heavy atom. The molecule has 2 aromatic carbocycles. The maximum atomic E-state index is 14.6. The second kappa shape index (κ2) is 9.15. The van der Waals surface area contributed by atoms with E-state index in [1.807, 2.05) is 43.3 Å². The monoisotopic (exact) mass is 437 g/mol. The van der Waals surface area contributed by atoms with Crippen molar-refractivity contribution in [1.29, 1.82) is 0 Å². The van der Waals surface area contributed by atoms with Gasteiger partial charge in [0.15, 0.2) is 0 Å². The maximum Gasteiger partial charge on any atom is 0.143 e. The van der Waals surface area contributed by atoms with Gasteiger partial charge in [-0.15, -0.1) is 5.10 Å². The Morgan fingerprint density at radius 3 is 2.59 bits per heavy atom. The van der Waals surface area contributed by atoms with E-state index in [1.54, 1.807) is 4.68 Å². The molecule has 0 aliphatic carbocycles. The summed E-state index contributed by atoms with van der Waals surface area (Å²) < 4.78 is 31.0. The number of benzene rings is 2. The highest BCUT2D eigenvalue weighted by atomic mass is 19.1. The van der Waals surface area contributed by atoms with Crippen molar-refractivity contribution in [1.82, 2.24) is 35.0 Å². The molecule has 0 bridgehead atoms. The molecule has 0 saturated heterocycles. The van der Waals surface area contributed by atoms with Crippen LogP contribution in [0, 0.1) is 17.6 Å². The Labute approximate surface area is 182 Å². The lowest BCUT2D eigenvalue weighted by Gasteiger charge is -2.34. The van der Waals surface area contributed by atoms with Crippen molar-refractivity contribution < 1.29 is 13.9 Å². The number of rotatable bonds is 8. The molecule has 8 nitrogen and oxygen atoms in total. The quantitative estimate of drug-likeness (QED) is 0.455. The molecule has 2 atom stereocenters. The normalized spacial score (nSPS) is 14.5. The van der Waals surface area contributed by atoms with Gasteiger partial charge in [-0.05, 0) is 46.5 Å². The summed E-state index contributed by atoms with van der Waals surface area (Å²) >= 11 is 0. The van der Waals surface area contributed by atoms with Gasteiger partial charge in [-0.2, -0.15) is 5.10 Å². The van der Waals surface area contributed by atoms with Crippen molar-refractivity contribution in [2.45, 2.75) is 25.5 Å². The fourth-order valence-corrected chi connectivity index (χ4v) is 3.53. The van der Waals surface area contributed by atoms with E-state index < -0.39 is 23.2 Å². The molecule has 4 aromatic rings. The maximum absolute atomic E-state index is 14.6. The van der Waals surface area contributed by atoms with Crippen LogP contribution >= 0.6 is 0 Å². The minimum Gasteiger partial charge on any atom is -0.383 e. The number of aliphatic hydroxyl groups is 1. The van der Waals surface area contributed by atoms with Gasteiger partial charge in [0.2, 0.25) is 0 Å². The fourth-order valence-electron chi connectivity index (χ4n) is 3.53. The van der Waals surface area contributed by atoms with Crippen LogP contribution in [0.15, 0.2) is 67.5 Å². The summed E-state index contributed by atoms with van der Waals surface area (Å²) in [6.45, 7) is 1.79. The van der Waals surface area contributed by atoms with Crippen molar-refractivity contribution in [2.24, 2.45) is 5.92 Å². The summed E-state index contributed by atoms with van der Waals surface area (Å²) in [6.07, 6.45) is 8.56. The largest absolute Gasteiger partial charge is 0.383 e. The van der Waals surface area contributed by atoms with E-state index >= 15 is 0 Å².